The van der Waals surface area contributed by atoms with E-state index in [-0.39, 0.29) is 43.7 Å². The van der Waals surface area contributed by atoms with E-state index in [2.05, 4.69) is 14.9 Å². The average molecular weight is 578 g/mol. The number of halogens is 2. The average Bonchev–Trinajstić information content (AvgIpc) is 3.70. The number of alkyl halides is 2. The summed E-state index contributed by atoms with van der Waals surface area (Å²) in [6.07, 6.45) is 6.42. The second-order valence-electron chi connectivity index (χ2n) is 11.0. The van der Waals surface area contributed by atoms with Gasteiger partial charge in [-0.3, -0.25) is 4.79 Å². The lowest BCUT2D eigenvalue weighted by atomic mass is 9.93. The zero-order valence-corrected chi connectivity index (χ0v) is 24.1. The summed E-state index contributed by atoms with van der Waals surface area (Å²) in [4.78, 5) is 23.4. The van der Waals surface area contributed by atoms with Gasteiger partial charge < -0.3 is 24.9 Å². The molecule has 5 rings (SSSR count). The molecule has 3 fully saturated rings. The van der Waals surface area contributed by atoms with Crippen LogP contribution in [0.2, 0.25) is 0 Å². The summed E-state index contributed by atoms with van der Waals surface area (Å²) in [5.41, 5.74) is 2.84. The number of hydrogen-bond donors (Lipinski definition) is 3. The Hall–Kier alpha value is -2.24. The second kappa shape index (κ2) is 11.7. The number of hydrogen-bond acceptors (Lipinski definition) is 8. The van der Waals surface area contributed by atoms with Crippen molar-refractivity contribution in [2.24, 2.45) is 5.41 Å². The lowest BCUT2D eigenvalue weighted by molar-refractivity contribution is -0.0222. The Morgan fingerprint density at radius 3 is 2.38 bits per heavy atom. The molecule has 11 heteroatoms. The maximum Gasteiger partial charge on any atom is 0.258 e. The highest BCUT2D eigenvalue weighted by molar-refractivity contribution is 8.01. The second-order valence-corrected chi connectivity index (χ2v) is 13.0. The summed E-state index contributed by atoms with van der Waals surface area (Å²) in [6, 6.07) is 9.39. The molecule has 1 spiro atoms. The van der Waals surface area contributed by atoms with Gasteiger partial charge >= 0.3 is 0 Å². The van der Waals surface area contributed by atoms with Crippen LogP contribution in [0.5, 0.6) is 0 Å². The number of piperidine rings is 2. The molecule has 1 aliphatic carbocycles. The molecule has 212 valence electrons. The molecule has 3 aliphatic rings. The van der Waals surface area contributed by atoms with Gasteiger partial charge in [0.25, 0.3) is 11.8 Å². The van der Waals surface area contributed by atoms with E-state index in [0.717, 1.165) is 42.2 Å². The fourth-order valence-electron chi connectivity index (χ4n) is 5.27. The van der Waals surface area contributed by atoms with Crippen LogP contribution >= 0.6 is 23.7 Å². The normalized spacial score (nSPS) is 20.5. The number of nitrogens with zero attached hydrogens (tertiary/aromatic N) is 3. The van der Waals surface area contributed by atoms with E-state index >= 15 is 0 Å². The number of carbonyl (C=O) groups excluding carboxylic acids is 1. The molecule has 0 bridgehead atoms. The van der Waals surface area contributed by atoms with Gasteiger partial charge in [-0.15, -0.1) is 11.8 Å². The quantitative estimate of drug-likeness (QED) is 0.243. The Morgan fingerprint density at radius 2 is 1.74 bits per heavy atom. The Labute approximate surface area is 237 Å². The molecule has 2 saturated heterocycles. The molecule has 1 aromatic heterocycles. The van der Waals surface area contributed by atoms with Gasteiger partial charge in [-0.25, -0.2) is 13.8 Å². The van der Waals surface area contributed by atoms with E-state index in [0.29, 0.717) is 22.6 Å². The van der Waals surface area contributed by atoms with E-state index in [1.165, 1.54) is 36.6 Å². The number of aliphatic hydroxyl groups excluding tert-OH is 1. The molecule has 1 atom stereocenters. The minimum Gasteiger partial charge on any atom is -0.395 e. The maximum absolute atomic E-state index is 13.8. The molecule has 39 heavy (non-hydrogen) atoms. The summed E-state index contributed by atoms with van der Waals surface area (Å²) in [6.45, 7) is 4.30. The van der Waals surface area contributed by atoms with Crippen LogP contribution in [0, 0.1) is 5.41 Å². The van der Waals surface area contributed by atoms with Crippen LogP contribution in [0.15, 0.2) is 35.2 Å². The van der Waals surface area contributed by atoms with Gasteiger partial charge in [-0.1, -0.05) is 0 Å². The van der Waals surface area contributed by atoms with Crippen molar-refractivity contribution < 1.29 is 18.7 Å². The number of anilines is 4. The zero-order valence-electron chi connectivity index (χ0n) is 22.5. The van der Waals surface area contributed by atoms with Gasteiger partial charge in [-0.2, -0.15) is 0 Å². The molecule has 0 radical (unpaired) electrons. The predicted octanol–water partition coefficient (Wildman–Crippen LogP) is 6.11. The van der Waals surface area contributed by atoms with Crippen molar-refractivity contribution in [3.8, 4) is 0 Å². The number of benzene rings is 1. The smallest absolute Gasteiger partial charge is 0.258 e. The lowest BCUT2D eigenvalue weighted by Crippen LogP contribution is -2.40. The van der Waals surface area contributed by atoms with Crippen LogP contribution in [0.25, 0.3) is 0 Å². The molecule has 1 amide bonds. The number of rotatable bonds is 9. The van der Waals surface area contributed by atoms with Crippen molar-refractivity contribution in [3.05, 3.63) is 35.9 Å². The van der Waals surface area contributed by atoms with E-state index in [4.69, 9.17) is 4.98 Å². The Kier molecular flexibility index (Phi) is 8.49. The van der Waals surface area contributed by atoms with Crippen molar-refractivity contribution in [1.82, 2.24) is 4.98 Å². The number of nitrogens with one attached hydrogen (secondary N) is 2. The third-order valence-corrected chi connectivity index (χ3v) is 9.76. The van der Waals surface area contributed by atoms with Crippen molar-refractivity contribution in [2.75, 3.05) is 58.9 Å². The van der Waals surface area contributed by atoms with Crippen molar-refractivity contribution in [3.63, 3.8) is 0 Å². The van der Waals surface area contributed by atoms with E-state index < -0.39 is 5.92 Å². The first kappa shape index (κ1) is 28.3. The number of pyridine rings is 1. The van der Waals surface area contributed by atoms with Gasteiger partial charge in [0.15, 0.2) is 0 Å². The molecule has 2 aromatic rings. The van der Waals surface area contributed by atoms with Crippen LogP contribution in [-0.4, -0.2) is 66.2 Å². The van der Waals surface area contributed by atoms with Gasteiger partial charge in [0, 0.05) is 54.9 Å². The van der Waals surface area contributed by atoms with Crippen molar-refractivity contribution in [1.29, 1.82) is 0 Å². The Bertz CT molecular complexity index is 1180. The maximum atomic E-state index is 13.8. The van der Waals surface area contributed by atoms with Crippen LogP contribution in [0.1, 0.15) is 55.8 Å². The largest absolute Gasteiger partial charge is 0.395 e. The van der Waals surface area contributed by atoms with Gasteiger partial charge in [-0.05, 0) is 86.6 Å². The molecule has 2 aliphatic heterocycles. The zero-order chi connectivity index (χ0) is 27.6. The first-order valence-corrected chi connectivity index (χ1v) is 15.7. The van der Waals surface area contributed by atoms with Crippen LogP contribution < -0.4 is 19.8 Å². The minimum absolute atomic E-state index is 0.0387. The molecule has 0 unspecified atom stereocenters. The molecule has 1 aromatic carbocycles. The van der Waals surface area contributed by atoms with Crippen molar-refractivity contribution >= 4 is 52.6 Å². The highest BCUT2D eigenvalue weighted by Gasteiger charge is 2.44. The molecule has 3 N–H and O–H groups in total. The fourth-order valence-corrected chi connectivity index (χ4v) is 6.37. The topological polar surface area (TPSA) is 80.7 Å². The molecule has 3 heterocycles. The van der Waals surface area contributed by atoms with Crippen LogP contribution in [0.4, 0.5) is 31.8 Å². The van der Waals surface area contributed by atoms with Gasteiger partial charge in [0.05, 0.1) is 17.9 Å². The number of carbonyl (C=O) groups is 1. The summed E-state index contributed by atoms with van der Waals surface area (Å²) in [7, 11) is 0. The van der Waals surface area contributed by atoms with E-state index in [9.17, 15) is 18.7 Å². The molecule has 1 saturated carbocycles. The first-order valence-electron chi connectivity index (χ1n) is 13.6. The fraction of sp³-hybridized carbons (Fsp3) is 0.571. The Balaban J connectivity index is 1.36. The SMILES string of the molecule is CSc1ccc(NC(=O)c2ccc(NS[C@@H](C)CO)cc2N2CCC3(CC2)CC3)nc1N1CCC(F)(F)CC1. The number of aliphatic hydroxyl groups is 1. The molecular weight excluding hydrogens is 540 g/mol. The highest BCUT2D eigenvalue weighted by Crippen LogP contribution is 2.54. The van der Waals surface area contributed by atoms with Crippen LogP contribution in [-0.2, 0) is 0 Å². The monoisotopic (exact) mass is 577 g/mol. The summed E-state index contributed by atoms with van der Waals surface area (Å²) < 4.78 is 30.8. The number of thioether (sulfide) groups is 1. The number of amides is 1. The van der Waals surface area contributed by atoms with Crippen molar-refractivity contribution in [2.45, 2.75) is 61.5 Å². The summed E-state index contributed by atoms with van der Waals surface area (Å²) in [5.74, 6) is -1.85. The lowest BCUT2D eigenvalue weighted by Gasteiger charge is -2.35. The standard InChI is InChI=1S/C28H37F2N5O2S2/c1-19(18-36)39-33-20-3-4-21(22(17-20)34-13-9-27(7-8-27)10-14-34)26(37)32-24-6-5-23(38-2)25(31-24)35-15-11-28(29,30)12-16-35/h3-6,17,19,33,36H,7-16,18H2,1-2H3,(H,31,32,37)/t19-/m0/s1. The number of aromatic nitrogens is 1. The highest BCUT2D eigenvalue weighted by atomic mass is 32.2. The third-order valence-electron chi connectivity index (χ3n) is 8.09. The molecule has 7 nitrogen and oxygen atoms in total. The van der Waals surface area contributed by atoms with E-state index in [1.807, 2.05) is 42.3 Å². The Morgan fingerprint density at radius 1 is 1.05 bits per heavy atom. The predicted molar refractivity (Wildman–Crippen MR) is 158 cm³/mol. The molecular formula is C28H37F2N5O2S2. The van der Waals surface area contributed by atoms with Crippen LogP contribution in [0.3, 0.4) is 0 Å². The first-order chi connectivity index (χ1) is 18.7. The summed E-state index contributed by atoms with van der Waals surface area (Å²) in [5, 5.41) is 12.4. The van der Waals surface area contributed by atoms with Gasteiger partial charge in [0.2, 0.25) is 0 Å². The third kappa shape index (κ3) is 6.74. The van der Waals surface area contributed by atoms with E-state index in [1.54, 1.807) is 6.07 Å². The van der Waals surface area contributed by atoms with Gasteiger partial charge in [0.1, 0.15) is 11.6 Å². The summed E-state index contributed by atoms with van der Waals surface area (Å²) >= 11 is 2.96. The minimum atomic E-state index is -2.64.